The monoisotopic (exact) mass is 846 g/mol. The summed E-state index contributed by atoms with van der Waals surface area (Å²) in [5.74, 6) is 2.03. The Balaban J connectivity index is 1.44. The lowest BCUT2D eigenvalue weighted by molar-refractivity contribution is -0.0952. The predicted octanol–water partition coefficient (Wildman–Crippen LogP) is 12.0. The second-order valence-corrected chi connectivity index (χ2v) is 24.4. The van der Waals surface area contributed by atoms with Crippen molar-refractivity contribution in [2.24, 2.45) is 10.9 Å². The first kappa shape index (κ1) is 43.0. The van der Waals surface area contributed by atoms with E-state index < -0.39 is 37.2 Å². The van der Waals surface area contributed by atoms with Crippen molar-refractivity contribution < 1.29 is 32.2 Å². The van der Waals surface area contributed by atoms with Crippen LogP contribution in [0.15, 0.2) is 69.0 Å². The van der Waals surface area contributed by atoms with E-state index >= 15 is 13.2 Å². The fourth-order valence-corrected chi connectivity index (χ4v) is 16.1. The Morgan fingerprint density at radius 2 is 1.73 bits per heavy atom. The zero-order valence-electron chi connectivity index (χ0n) is 36.2. The van der Waals surface area contributed by atoms with Crippen LogP contribution in [0.3, 0.4) is 0 Å². The number of fused-ring (bicyclic) bond motifs is 4. The third kappa shape index (κ3) is 7.41. The van der Waals surface area contributed by atoms with Crippen LogP contribution in [0, 0.1) is 23.2 Å². The van der Waals surface area contributed by atoms with Crippen LogP contribution >= 0.6 is 11.8 Å². The number of hydrogen-bond acceptors (Lipinski definition) is 8. The van der Waals surface area contributed by atoms with Gasteiger partial charge in [0.15, 0.2) is 12.6 Å². The minimum atomic E-state index is -2.35. The normalized spacial score (nSPS) is 20.8. The number of benzene rings is 2. The molecule has 1 amide bonds. The Kier molecular flexibility index (Phi) is 11.9. The molecule has 2 aromatic carbocycles. The molecule has 5 aliphatic heterocycles. The first-order valence-electron chi connectivity index (χ1n) is 20.8. The number of ether oxygens (including phenoxy) is 3. The predicted molar refractivity (Wildman–Crippen MR) is 234 cm³/mol. The van der Waals surface area contributed by atoms with Crippen LogP contribution in [0.25, 0.3) is 16.3 Å². The number of aliphatic imine (C=N–C) groups is 1. The summed E-state index contributed by atoms with van der Waals surface area (Å²) in [6, 6.07) is 6.13. The molecule has 13 heteroatoms. The van der Waals surface area contributed by atoms with E-state index in [2.05, 4.69) is 53.0 Å². The van der Waals surface area contributed by atoms with Crippen LogP contribution in [-0.2, 0) is 9.47 Å². The van der Waals surface area contributed by atoms with Gasteiger partial charge in [0.2, 0.25) is 0 Å². The van der Waals surface area contributed by atoms with Gasteiger partial charge in [-0.2, -0.15) is 0 Å². The SMILES string of the molecule is COCOc1cc(C2=C(F)C=C(SC)N3C4=NCN5C6=C4[C@@H](CCCC3=C2F)[C@H](CC6)N5C(=O)OC(C)(C)C)c2c(C#C[Si](C(C)C)(C(C)C)C(C)C)c(F)ccc2c1. The number of halogens is 3. The van der Waals surface area contributed by atoms with Crippen molar-refractivity contribution >= 4 is 48.1 Å². The molecule has 0 radical (unpaired) electrons. The summed E-state index contributed by atoms with van der Waals surface area (Å²) >= 11 is 1.31. The molecule has 8 rings (SSSR count). The molecule has 59 heavy (non-hydrogen) atoms. The molecule has 0 N–H and O–H groups in total. The molecular formula is C46H57F3N4O4SSi. The number of amidine groups is 1. The number of amides is 1. The number of carbonyl (C=O) groups excluding carboxylic acids is 1. The van der Waals surface area contributed by atoms with Gasteiger partial charge in [-0.1, -0.05) is 53.5 Å². The van der Waals surface area contributed by atoms with Crippen molar-refractivity contribution in [3.8, 4) is 17.2 Å². The number of carbonyl (C=O) groups is 1. The molecule has 0 saturated carbocycles. The van der Waals surface area contributed by atoms with Gasteiger partial charge in [0.25, 0.3) is 0 Å². The fraction of sp³-hybridized carbons (Fsp3) is 0.522. The van der Waals surface area contributed by atoms with Crippen molar-refractivity contribution in [1.82, 2.24) is 14.9 Å². The molecule has 8 nitrogen and oxygen atoms in total. The average molecular weight is 847 g/mol. The van der Waals surface area contributed by atoms with Crippen molar-refractivity contribution in [2.75, 3.05) is 26.8 Å². The molecule has 2 atom stereocenters. The number of allylic oxidation sites excluding steroid dienone is 6. The maximum atomic E-state index is 18.1. The molecule has 0 spiro atoms. The second kappa shape index (κ2) is 16.4. The highest BCUT2D eigenvalue weighted by Gasteiger charge is 2.53. The van der Waals surface area contributed by atoms with E-state index in [9.17, 15) is 4.79 Å². The van der Waals surface area contributed by atoms with Gasteiger partial charge in [-0.25, -0.2) is 28.0 Å². The molecule has 2 aromatic rings. The van der Waals surface area contributed by atoms with Gasteiger partial charge in [0.1, 0.15) is 43.6 Å². The van der Waals surface area contributed by atoms with Gasteiger partial charge in [-0.05, 0) is 99.3 Å². The molecule has 0 unspecified atom stereocenters. The van der Waals surface area contributed by atoms with Crippen LogP contribution in [0.5, 0.6) is 5.75 Å². The number of rotatable bonds is 8. The van der Waals surface area contributed by atoms with E-state index in [1.165, 1.54) is 31.0 Å². The highest BCUT2D eigenvalue weighted by Crippen LogP contribution is 2.52. The first-order chi connectivity index (χ1) is 27.9. The highest BCUT2D eigenvalue weighted by molar-refractivity contribution is 8.02. The molecule has 4 bridgehead atoms. The number of nitrogens with zero attached hydrogens (tertiary/aromatic N) is 4. The quantitative estimate of drug-likeness (QED) is 0.149. The Hall–Kier alpha value is -4.12. The number of hydrogen-bond donors (Lipinski definition) is 0. The van der Waals surface area contributed by atoms with E-state index in [0.29, 0.717) is 40.2 Å². The van der Waals surface area contributed by atoms with Crippen molar-refractivity contribution in [2.45, 2.75) is 123 Å². The maximum absolute atomic E-state index is 18.1. The molecule has 316 valence electrons. The van der Waals surface area contributed by atoms with Gasteiger partial charge in [-0.15, -0.1) is 17.3 Å². The molecular weight excluding hydrogens is 790 g/mol. The van der Waals surface area contributed by atoms with Crippen LogP contribution in [-0.4, -0.2) is 73.4 Å². The molecule has 6 aliphatic rings. The minimum Gasteiger partial charge on any atom is -0.468 e. The summed E-state index contributed by atoms with van der Waals surface area (Å²) < 4.78 is 68.8. The van der Waals surface area contributed by atoms with Crippen LogP contribution in [0.1, 0.15) is 106 Å². The lowest BCUT2D eigenvalue weighted by atomic mass is 9.74. The third-order valence-corrected chi connectivity index (χ3v) is 19.6. The van der Waals surface area contributed by atoms with Gasteiger partial charge in [-0.3, -0.25) is 9.91 Å². The van der Waals surface area contributed by atoms with Crippen molar-refractivity contribution in [1.29, 1.82) is 0 Å². The fourth-order valence-electron chi connectivity index (χ4n) is 10.2. The number of methoxy groups -OCH3 is 1. The molecule has 2 saturated heterocycles. The summed E-state index contributed by atoms with van der Waals surface area (Å²) in [6.07, 6.45) is 5.81. The maximum Gasteiger partial charge on any atom is 0.429 e. The molecule has 1 aliphatic carbocycles. The summed E-state index contributed by atoms with van der Waals surface area (Å²) in [7, 11) is -0.849. The Labute approximate surface area is 352 Å². The second-order valence-electron chi connectivity index (χ2n) is 18.0. The van der Waals surface area contributed by atoms with Crippen LogP contribution < -0.4 is 4.74 Å². The standard InChI is InChI=1S/C46H57F3N4O4SSi/c1-26(2)59(27(3)4,28(5)6)20-19-31-34(47)16-15-29-21-30(56-25-55-10)22-33(40(29)31)41-35(48)23-39(58-11)52-38(43(41)49)14-12-13-32-36-17-18-37-42(32)44(52)50-24-51(37)53(36)45(54)57-46(7,8)9/h15-16,21-23,26-28,32,36H,12-14,17-18,24-25H2,1-11H3/t32-,36-/m0/s1. The van der Waals surface area contributed by atoms with E-state index in [1.54, 1.807) is 28.1 Å². The summed E-state index contributed by atoms with van der Waals surface area (Å²) in [4.78, 5) is 20.5. The molecule has 2 fully saturated rings. The van der Waals surface area contributed by atoms with Crippen LogP contribution in [0.4, 0.5) is 18.0 Å². The van der Waals surface area contributed by atoms with E-state index in [4.69, 9.17) is 19.2 Å². The lowest BCUT2D eigenvalue weighted by Crippen LogP contribution is -2.64. The van der Waals surface area contributed by atoms with Gasteiger partial charge < -0.3 is 14.2 Å². The summed E-state index contributed by atoms with van der Waals surface area (Å²) in [6.45, 7) is 18.8. The third-order valence-electron chi connectivity index (χ3n) is 12.6. The van der Waals surface area contributed by atoms with E-state index in [-0.39, 0.29) is 70.9 Å². The topological polar surface area (TPSA) is 66.8 Å². The average Bonchev–Trinajstić information content (AvgIpc) is 3.25. The Morgan fingerprint density at radius 1 is 1.02 bits per heavy atom. The van der Waals surface area contributed by atoms with Crippen LogP contribution in [0.2, 0.25) is 16.6 Å². The van der Waals surface area contributed by atoms with Gasteiger partial charge in [0.05, 0.1) is 27.9 Å². The smallest absolute Gasteiger partial charge is 0.429 e. The largest absolute Gasteiger partial charge is 0.468 e. The molecule has 5 heterocycles. The number of thioether (sulfide) groups is 1. The van der Waals surface area contributed by atoms with Crippen molar-refractivity contribution in [3.05, 3.63) is 80.9 Å². The van der Waals surface area contributed by atoms with E-state index in [1.807, 2.05) is 32.0 Å². The zero-order valence-corrected chi connectivity index (χ0v) is 38.0. The minimum absolute atomic E-state index is 0.0596. The first-order valence-corrected chi connectivity index (χ1v) is 24.2. The Bertz CT molecular complexity index is 2260. The van der Waals surface area contributed by atoms with Crippen molar-refractivity contribution in [3.63, 3.8) is 0 Å². The van der Waals surface area contributed by atoms with E-state index in [0.717, 1.165) is 24.1 Å². The molecule has 0 aromatic heterocycles. The highest BCUT2D eigenvalue weighted by atomic mass is 32.2. The number of hydrazine groups is 1. The zero-order chi connectivity index (χ0) is 42.7. The lowest BCUT2D eigenvalue weighted by Gasteiger charge is -2.57. The van der Waals surface area contributed by atoms with Gasteiger partial charge >= 0.3 is 6.09 Å². The Morgan fingerprint density at radius 3 is 2.37 bits per heavy atom. The van der Waals surface area contributed by atoms with Gasteiger partial charge in [0, 0.05) is 41.3 Å². The summed E-state index contributed by atoms with van der Waals surface area (Å²) in [5, 5.41) is 4.98. The summed E-state index contributed by atoms with van der Waals surface area (Å²) in [5.41, 5.74) is 6.02.